The highest BCUT2D eigenvalue weighted by Gasteiger charge is 2.10. The van der Waals surface area contributed by atoms with Crippen LogP contribution in [0.15, 0.2) is 29.3 Å². The molecule has 5 heteroatoms. The lowest BCUT2D eigenvalue weighted by molar-refractivity contribution is 0.662. The predicted molar refractivity (Wildman–Crippen MR) is 78.4 cm³/mol. The van der Waals surface area contributed by atoms with E-state index in [9.17, 15) is 4.79 Å². The van der Waals surface area contributed by atoms with Gasteiger partial charge in [0.25, 0.3) is 5.56 Å². The number of nitrogens with one attached hydrogen (secondary N) is 1. The lowest BCUT2D eigenvalue weighted by Crippen LogP contribution is -2.21. The van der Waals surface area contributed by atoms with E-state index in [2.05, 4.69) is 17.2 Å². The van der Waals surface area contributed by atoms with Crippen molar-refractivity contribution in [2.75, 3.05) is 11.9 Å². The second-order valence-corrected chi connectivity index (χ2v) is 4.83. The lowest BCUT2D eigenvalue weighted by Gasteiger charge is -2.16. The van der Waals surface area contributed by atoms with E-state index in [0.29, 0.717) is 18.0 Å². The van der Waals surface area contributed by atoms with Gasteiger partial charge in [-0.3, -0.25) is 9.78 Å². The zero-order valence-corrected chi connectivity index (χ0v) is 11.4. The third kappa shape index (κ3) is 2.93. The van der Waals surface area contributed by atoms with E-state index >= 15 is 0 Å². The summed E-state index contributed by atoms with van der Waals surface area (Å²) in [5, 5.41) is 4.05. The van der Waals surface area contributed by atoms with Crippen LogP contribution in [0.25, 0.3) is 10.9 Å². The maximum Gasteiger partial charge on any atom is 0.259 e. The zero-order chi connectivity index (χ0) is 13.8. The number of anilines is 1. The molecule has 19 heavy (non-hydrogen) atoms. The summed E-state index contributed by atoms with van der Waals surface area (Å²) in [6, 6.07) is 3.89. The monoisotopic (exact) mass is 260 g/mol. The minimum absolute atomic E-state index is 0.0248. The first-order chi connectivity index (χ1) is 9.13. The highest BCUT2D eigenvalue weighted by Crippen LogP contribution is 2.19. The van der Waals surface area contributed by atoms with Crippen molar-refractivity contribution in [3.8, 4) is 0 Å². The molecule has 0 saturated carbocycles. The van der Waals surface area contributed by atoms with Crippen LogP contribution >= 0.6 is 0 Å². The average Bonchev–Trinajstić information content (AvgIpc) is 2.42. The van der Waals surface area contributed by atoms with Crippen LogP contribution in [-0.2, 0) is 7.05 Å². The van der Waals surface area contributed by atoms with Crippen molar-refractivity contribution in [1.29, 1.82) is 0 Å². The smallest absolute Gasteiger partial charge is 0.259 e. The Morgan fingerprint density at radius 1 is 1.53 bits per heavy atom. The number of nitrogens with two attached hydrogens (primary N) is 1. The van der Waals surface area contributed by atoms with Crippen LogP contribution in [0.2, 0.25) is 0 Å². The van der Waals surface area contributed by atoms with Crippen LogP contribution in [0.4, 0.5) is 5.69 Å². The van der Waals surface area contributed by atoms with E-state index in [4.69, 9.17) is 5.73 Å². The van der Waals surface area contributed by atoms with Crippen molar-refractivity contribution >= 4 is 16.6 Å². The van der Waals surface area contributed by atoms with E-state index < -0.39 is 0 Å². The summed E-state index contributed by atoms with van der Waals surface area (Å²) in [5.74, 6) is 0. The standard InChI is InChI=1S/C14H20N4O/c1-10(5-3-7-15)17-12-9-18(2)14(19)11-6-4-8-16-13(11)12/h4,6,8-10,17H,3,5,7,15H2,1-2H3. The second-order valence-electron chi connectivity index (χ2n) is 4.83. The van der Waals surface area contributed by atoms with Crippen LogP contribution in [-0.4, -0.2) is 22.1 Å². The van der Waals surface area contributed by atoms with E-state index in [1.54, 1.807) is 36.1 Å². The largest absolute Gasteiger partial charge is 0.380 e. The Balaban J connectivity index is 2.38. The van der Waals surface area contributed by atoms with Gasteiger partial charge in [-0.25, -0.2) is 0 Å². The first-order valence-corrected chi connectivity index (χ1v) is 6.54. The first kappa shape index (κ1) is 13.5. The number of hydrogen-bond donors (Lipinski definition) is 2. The molecule has 2 rings (SSSR count). The molecule has 3 N–H and O–H groups in total. The van der Waals surface area contributed by atoms with Crippen LogP contribution < -0.4 is 16.6 Å². The zero-order valence-electron chi connectivity index (χ0n) is 11.4. The Morgan fingerprint density at radius 2 is 2.32 bits per heavy atom. The van der Waals surface area contributed by atoms with E-state index in [0.717, 1.165) is 24.0 Å². The number of hydrogen-bond acceptors (Lipinski definition) is 4. The average molecular weight is 260 g/mol. The fraction of sp³-hybridized carbons (Fsp3) is 0.429. The highest BCUT2D eigenvalue weighted by atomic mass is 16.1. The molecule has 0 saturated heterocycles. The summed E-state index contributed by atoms with van der Waals surface area (Å²) >= 11 is 0. The second kappa shape index (κ2) is 5.84. The molecule has 0 aliphatic carbocycles. The summed E-state index contributed by atoms with van der Waals surface area (Å²) in [6.07, 6.45) is 5.48. The molecule has 0 spiro atoms. The molecule has 0 radical (unpaired) electrons. The Bertz CT molecular complexity index is 620. The number of nitrogens with zero attached hydrogens (tertiary/aromatic N) is 2. The summed E-state index contributed by atoms with van der Waals surface area (Å²) in [5.41, 5.74) is 7.11. The van der Waals surface area contributed by atoms with Crippen molar-refractivity contribution in [2.24, 2.45) is 12.8 Å². The Morgan fingerprint density at radius 3 is 3.05 bits per heavy atom. The van der Waals surface area contributed by atoms with Gasteiger partial charge in [-0.05, 0) is 38.4 Å². The Kier molecular flexibility index (Phi) is 4.16. The number of aryl methyl sites for hydroxylation is 1. The molecule has 0 fully saturated rings. The molecule has 0 aromatic carbocycles. The van der Waals surface area contributed by atoms with Crippen LogP contribution in [0.1, 0.15) is 19.8 Å². The van der Waals surface area contributed by atoms with Crippen LogP contribution in [0, 0.1) is 0 Å². The summed E-state index contributed by atoms with van der Waals surface area (Å²) < 4.78 is 1.59. The van der Waals surface area contributed by atoms with Gasteiger partial charge in [0.15, 0.2) is 0 Å². The normalized spacial score (nSPS) is 12.6. The van der Waals surface area contributed by atoms with E-state index in [1.807, 2.05) is 0 Å². The summed E-state index contributed by atoms with van der Waals surface area (Å²) in [4.78, 5) is 16.3. The summed E-state index contributed by atoms with van der Waals surface area (Å²) in [7, 11) is 1.75. The predicted octanol–water partition coefficient (Wildman–Crippen LogP) is 1.47. The Labute approximate surface area is 112 Å². The third-order valence-corrected chi connectivity index (χ3v) is 3.18. The lowest BCUT2D eigenvalue weighted by atomic mass is 10.1. The molecule has 2 aromatic rings. The first-order valence-electron chi connectivity index (χ1n) is 6.54. The number of rotatable bonds is 5. The van der Waals surface area contributed by atoms with Gasteiger partial charge >= 0.3 is 0 Å². The van der Waals surface area contributed by atoms with Crippen molar-refractivity contribution < 1.29 is 0 Å². The molecular weight excluding hydrogens is 240 g/mol. The van der Waals surface area contributed by atoms with E-state index in [-0.39, 0.29) is 5.56 Å². The molecule has 0 aliphatic heterocycles. The van der Waals surface area contributed by atoms with Gasteiger partial charge in [0.2, 0.25) is 0 Å². The third-order valence-electron chi connectivity index (χ3n) is 3.18. The van der Waals surface area contributed by atoms with Crippen molar-refractivity contribution in [2.45, 2.75) is 25.8 Å². The van der Waals surface area contributed by atoms with Crippen molar-refractivity contribution in [1.82, 2.24) is 9.55 Å². The van der Waals surface area contributed by atoms with Crippen LogP contribution in [0.5, 0.6) is 0 Å². The minimum atomic E-state index is -0.0248. The number of aromatic nitrogens is 2. The SMILES string of the molecule is CC(CCCN)Nc1cn(C)c(=O)c2cccnc12. The fourth-order valence-electron chi connectivity index (χ4n) is 2.16. The number of fused-ring (bicyclic) bond motifs is 1. The van der Waals surface area contributed by atoms with Gasteiger partial charge in [-0.15, -0.1) is 0 Å². The van der Waals surface area contributed by atoms with Crippen LogP contribution in [0.3, 0.4) is 0 Å². The van der Waals surface area contributed by atoms with Gasteiger partial charge in [0.1, 0.15) is 5.52 Å². The van der Waals surface area contributed by atoms with Gasteiger partial charge in [-0.1, -0.05) is 0 Å². The minimum Gasteiger partial charge on any atom is -0.380 e. The number of pyridine rings is 2. The Hall–Kier alpha value is -1.88. The van der Waals surface area contributed by atoms with Crippen molar-refractivity contribution in [3.05, 3.63) is 34.9 Å². The molecule has 5 nitrogen and oxygen atoms in total. The molecule has 2 aromatic heterocycles. The topological polar surface area (TPSA) is 72.9 Å². The molecule has 0 bridgehead atoms. The van der Waals surface area contributed by atoms with Gasteiger partial charge in [0, 0.05) is 25.5 Å². The van der Waals surface area contributed by atoms with Gasteiger partial charge in [0.05, 0.1) is 11.1 Å². The van der Waals surface area contributed by atoms with Gasteiger partial charge < -0.3 is 15.6 Å². The maximum absolute atomic E-state index is 12.0. The van der Waals surface area contributed by atoms with E-state index in [1.165, 1.54) is 0 Å². The molecule has 1 atom stereocenters. The summed E-state index contributed by atoms with van der Waals surface area (Å²) in [6.45, 7) is 2.80. The highest BCUT2D eigenvalue weighted by molar-refractivity contribution is 5.89. The molecule has 0 amide bonds. The molecule has 1 unspecified atom stereocenters. The maximum atomic E-state index is 12.0. The quantitative estimate of drug-likeness (QED) is 0.854. The molecule has 2 heterocycles. The molecular formula is C14H20N4O. The fourth-order valence-corrected chi connectivity index (χ4v) is 2.16. The van der Waals surface area contributed by atoms with Gasteiger partial charge in [-0.2, -0.15) is 0 Å². The van der Waals surface area contributed by atoms with Crippen molar-refractivity contribution in [3.63, 3.8) is 0 Å². The molecule has 102 valence electrons. The molecule has 0 aliphatic rings.